The van der Waals surface area contributed by atoms with E-state index in [1.807, 2.05) is 13.8 Å². The molecule has 0 bridgehead atoms. The number of allylic oxidation sites excluding steroid dienone is 2. The molecule has 2 aromatic rings. The van der Waals surface area contributed by atoms with Gasteiger partial charge in [-0.2, -0.15) is 8.78 Å². The van der Waals surface area contributed by atoms with Crippen LogP contribution in [0.1, 0.15) is 13.8 Å². The highest BCUT2D eigenvalue weighted by Gasteiger charge is 2.20. The van der Waals surface area contributed by atoms with Crippen LogP contribution in [0.25, 0.3) is 11.3 Å². The van der Waals surface area contributed by atoms with Crippen molar-refractivity contribution < 1.29 is 21.9 Å². The average molecular weight is 466 g/mol. The van der Waals surface area contributed by atoms with Crippen molar-refractivity contribution in [1.29, 1.82) is 0 Å². The first-order valence-electron chi connectivity index (χ1n) is 9.34. The van der Waals surface area contributed by atoms with Crippen LogP contribution in [0.2, 0.25) is 0 Å². The standard InChI is InChI=1S/C21H25F2N5O3S/c1-14(7-5-10-18(24)31-20(22)23)21(2,3)25-19-12-11-17(26-27-19)15-8-6-9-16(13-15)28-32(4,29)30/h5-13,20,28H,1,24H2,2-4H3,(H,25,27)/b7-5-,18-10+. The minimum Gasteiger partial charge on any atom is -0.420 e. The third-order valence-electron chi connectivity index (χ3n) is 4.15. The van der Waals surface area contributed by atoms with E-state index in [0.717, 1.165) is 6.26 Å². The molecule has 1 aromatic carbocycles. The second-order valence-corrected chi connectivity index (χ2v) is 9.09. The quantitative estimate of drug-likeness (QED) is 0.360. The molecule has 0 spiro atoms. The van der Waals surface area contributed by atoms with Crippen LogP contribution in [0.15, 0.2) is 72.7 Å². The number of hydrogen-bond donors (Lipinski definition) is 3. The van der Waals surface area contributed by atoms with E-state index < -0.39 is 28.1 Å². The van der Waals surface area contributed by atoms with Crippen LogP contribution in [-0.2, 0) is 14.8 Å². The van der Waals surface area contributed by atoms with Crippen molar-refractivity contribution in [1.82, 2.24) is 10.2 Å². The molecular weight excluding hydrogens is 440 g/mol. The lowest BCUT2D eigenvalue weighted by molar-refractivity contribution is -0.0968. The van der Waals surface area contributed by atoms with Crippen LogP contribution in [-0.4, -0.2) is 37.0 Å². The SMILES string of the molecule is C=C(/C=C\C=C(/N)OC(F)F)C(C)(C)Nc1ccc(-c2cccc(NS(C)(=O)=O)c2)nn1. The van der Waals surface area contributed by atoms with Gasteiger partial charge in [-0.3, -0.25) is 4.72 Å². The zero-order valence-corrected chi connectivity index (χ0v) is 18.7. The number of rotatable bonds is 10. The van der Waals surface area contributed by atoms with Crippen LogP contribution in [0.4, 0.5) is 20.3 Å². The highest BCUT2D eigenvalue weighted by molar-refractivity contribution is 7.92. The van der Waals surface area contributed by atoms with Crippen LogP contribution < -0.4 is 15.8 Å². The zero-order chi connectivity index (χ0) is 23.9. The number of nitrogens with zero attached hydrogens (tertiary/aromatic N) is 2. The molecule has 1 heterocycles. The van der Waals surface area contributed by atoms with Gasteiger partial charge in [-0.15, -0.1) is 10.2 Å². The van der Waals surface area contributed by atoms with Gasteiger partial charge in [0, 0.05) is 11.3 Å². The molecule has 8 nitrogen and oxygen atoms in total. The van der Waals surface area contributed by atoms with Gasteiger partial charge in [0.1, 0.15) is 5.82 Å². The molecular formula is C21H25F2N5O3S. The van der Waals surface area contributed by atoms with Gasteiger partial charge in [0.2, 0.25) is 10.0 Å². The first kappa shape index (κ1) is 24.8. The predicted octanol–water partition coefficient (Wildman–Crippen LogP) is 3.86. The second kappa shape index (κ2) is 10.2. The van der Waals surface area contributed by atoms with Gasteiger partial charge >= 0.3 is 6.61 Å². The Morgan fingerprint density at radius 3 is 2.56 bits per heavy atom. The van der Waals surface area contributed by atoms with Crippen molar-refractivity contribution in [3.05, 3.63) is 72.7 Å². The summed E-state index contributed by atoms with van der Waals surface area (Å²) in [6, 6.07) is 10.3. The number of nitrogens with one attached hydrogen (secondary N) is 2. The van der Waals surface area contributed by atoms with Crippen LogP contribution in [0, 0.1) is 0 Å². The Morgan fingerprint density at radius 1 is 1.25 bits per heavy atom. The maximum atomic E-state index is 12.1. The Morgan fingerprint density at radius 2 is 1.97 bits per heavy atom. The van der Waals surface area contributed by atoms with Crippen LogP contribution in [0.5, 0.6) is 0 Å². The summed E-state index contributed by atoms with van der Waals surface area (Å²) < 4.78 is 53.5. The molecule has 0 radical (unpaired) electrons. The van der Waals surface area contributed by atoms with Crippen molar-refractivity contribution in [3.8, 4) is 11.3 Å². The van der Waals surface area contributed by atoms with E-state index in [1.165, 1.54) is 12.2 Å². The molecule has 0 aliphatic rings. The van der Waals surface area contributed by atoms with Gasteiger partial charge in [0.25, 0.3) is 0 Å². The first-order chi connectivity index (χ1) is 14.9. The lowest BCUT2D eigenvalue weighted by Crippen LogP contribution is -2.32. The molecule has 0 fully saturated rings. The maximum Gasteiger partial charge on any atom is 0.388 e. The monoisotopic (exact) mass is 465 g/mol. The Balaban J connectivity index is 2.08. The average Bonchev–Trinajstić information content (AvgIpc) is 2.66. The van der Waals surface area contributed by atoms with Crippen molar-refractivity contribution in [2.24, 2.45) is 5.73 Å². The summed E-state index contributed by atoms with van der Waals surface area (Å²) in [7, 11) is -3.39. The largest absolute Gasteiger partial charge is 0.420 e. The van der Waals surface area contributed by atoms with Gasteiger partial charge in [-0.25, -0.2) is 8.42 Å². The molecule has 0 saturated carbocycles. The summed E-state index contributed by atoms with van der Waals surface area (Å²) in [5.41, 5.74) is 6.97. The Labute approximate surface area is 185 Å². The summed E-state index contributed by atoms with van der Waals surface area (Å²) in [4.78, 5) is 0. The van der Waals surface area contributed by atoms with Gasteiger partial charge in [0.05, 0.1) is 17.5 Å². The highest BCUT2D eigenvalue weighted by Crippen LogP contribution is 2.24. The van der Waals surface area contributed by atoms with Gasteiger partial charge < -0.3 is 15.8 Å². The van der Waals surface area contributed by atoms with E-state index in [0.29, 0.717) is 28.3 Å². The summed E-state index contributed by atoms with van der Waals surface area (Å²) in [5.74, 6) is 0.0712. The van der Waals surface area contributed by atoms with Gasteiger partial charge in [0.15, 0.2) is 5.88 Å². The molecule has 2 rings (SSSR count). The number of halogens is 2. The van der Waals surface area contributed by atoms with Gasteiger partial charge in [-0.05, 0) is 49.8 Å². The number of benzene rings is 1. The fourth-order valence-electron chi connectivity index (χ4n) is 2.52. The molecule has 4 N–H and O–H groups in total. The fourth-order valence-corrected chi connectivity index (χ4v) is 3.07. The third kappa shape index (κ3) is 7.99. The number of ether oxygens (including phenoxy) is 1. The molecule has 0 saturated heterocycles. The molecule has 32 heavy (non-hydrogen) atoms. The first-order valence-corrected chi connectivity index (χ1v) is 11.2. The number of sulfonamides is 1. The number of aromatic nitrogens is 2. The minimum atomic E-state index is -3.39. The fraction of sp³-hybridized carbons (Fsp3) is 0.238. The van der Waals surface area contributed by atoms with Gasteiger partial charge in [-0.1, -0.05) is 30.9 Å². The molecule has 172 valence electrons. The molecule has 11 heteroatoms. The number of hydrogen-bond acceptors (Lipinski definition) is 7. The lowest BCUT2D eigenvalue weighted by Gasteiger charge is -2.27. The third-order valence-corrected chi connectivity index (χ3v) is 4.76. The molecule has 0 atom stereocenters. The number of nitrogens with two attached hydrogens (primary N) is 1. The van der Waals surface area contributed by atoms with Crippen molar-refractivity contribution in [2.45, 2.75) is 26.0 Å². The van der Waals surface area contributed by atoms with Crippen LogP contribution in [0.3, 0.4) is 0 Å². The molecule has 0 aliphatic heterocycles. The predicted molar refractivity (Wildman–Crippen MR) is 121 cm³/mol. The smallest absolute Gasteiger partial charge is 0.388 e. The maximum absolute atomic E-state index is 12.1. The summed E-state index contributed by atoms with van der Waals surface area (Å²) >= 11 is 0. The molecule has 0 amide bonds. The normalized spacial score (nSPS) is 12.8. The summed E-state index contributed by atoms with van der Waals surface area (Å²) in [6.07, 6.45) is 5.34. The zero-order valence-electron chi connectivity index (χ0n) is 17.8. The Kier molecular flexibility index (Phi) is 7.92. The van der Waals surface area contributed by atoms with Crippen LogP contribution >= 0.6 is 0 Å². The topological polar surface area (TPSA) is 119 Å². The summed E-state index contributed by atoms with van der Waals surface area (Å²) in [6.45, 7) is 4.71. The molecule has 0 unspecified atom stereocenters. The van der Waals surface area contributed by atoms with Crippen molar-refractivity contribution in [2.75, 3.05) is 16.3 Å². The number of anilines is 2. The minimum absolute atomic E-state index is 0.410. The Hall–Kier alpha value is -3.47. The van der Waals surface area contributed by atoms with Crippen molar-refractivity contribution >= 4 is 21.5 Å². The Bertz CT molecular complexity index is 1110. The lowest BCUT2D eigenvalue weighted by atomic mass is 9.95. The van der Waals surface area contributed by atoms with E-state index in [-0.39, 0.29) is 0 Å². The second-order valence-electron chi connectivity index (χ2n) is 7.34. The molecule has 1 aromatic heterocycles. The van der Waals surface area contributed by atoms with E-state index in [2.05, 4.69) is 31.6 Å². The number of alkyl halides is 2. The highest BCUT2D eigenvalue weighted by atomic mass is 32.2. The van der Waals surface area contributed by atoms with E-state index in [4.69, 9.17) is 5.73 Å². The van der Waals surface area contributed by atoms with E-state index >= 15 is 0 Å². The molecule has 0 aliphatic carbocycles. The van der Waals surface area contributed by atoms with E-state index in [9.17, 15) is 17.2 Å². The van der Waals surface area contributed by atoms with E-state index in [1.54, 1.807) is 42.5 Å². The summed E-state index contributed by atoms with van der Waals surface area (Å²) in [5, 5.41) is 11.6. The van der Waals surface area contributed by atoms with Crippen molar-refractivity contribution in [3.63, 3.8) is 0 Å².